The zero-order valence-electron chi connectivity index (χ0n) is 15.2. The average molecular weight is 362 g/mol. The van der Waals surface area contributed by atoms with Crippen molar-refractivity contribution in [1.29, 1.82) is 0 Å². The number of para-hydroxylation sites is 2. The molecular weight excluding hydrogens is 340 g/mol. The van der Waals surface area contributed by atoms with Gasteiger partial charge in [-0.25, -0.2) is 0 Å². The molecule has 7 heteroatoms. The lowest BCUT2D eigenvalue weighted by Crippen LogP contribution is -2.36. The molecule has 0 atom stereocenters. The van der Waals surface area contributed by atoms with Crippen molar-refractivity contribution in [2.45, 2.75) is 6.92 Å². The van der Waals surface area contributed by atoms with Crippen LogP contribution in [0.1, 0.15) is 5.56 Å². The Labute approximate surface area is 158 Å². The highest BCUT2D eigenvalue weighted by molar-refractivity contribution is 5.74. The Bertz CT molecular complexity index is 910. The quantitative estimate of drug-likeness (QED) is 0.719. The smallest absolute Gasteiger partial charge is 0.249 e. The second-order valence-electron chi connectivity index (χ2n) is 6.40. The molecule has 0 unspecified atom stereocenters. The molecule has 3 aromatic rings. The summed E-state index contributed by atoms with van der Waals surface area (Å²) in [5, 5.41) is 14.7. The van der Waals surface area contributed by atoms with E-state index < -0.39 is 0 Å². The van der Waals surface area contributed by atoms with Gasteiger partial charge in [-0.05, 0) is 36.8 Å². The lowest BCUT2D eigenvalue weighted by Gasteiger charge is -2.30. The number of aryl methyl sites for hydroxylation is 1. The number of anilines is 5. The highest BCUT2D eigenvalue weighted by Gasteiger charge is 2.15. The Morgan fingerprint density at radius 3 is 2.70 bits per heavy atom. The van der Waals surface area contributed by atoms with E-state index in [0.29, 0.717) is 11.8 Å². The number of rotatable bonds is 5. The van der Waals surface area contributed by atoms with Crippen molar-refractivity contribution in [3.63, 3.8) is 0 Å². The van der Waals surface area contributed by atoms with Gasteiger partial charge in [0, 0.05) is 18.8 Å². The SMILES string of the molecule is Cc1cccc(Nc2nncc(Nc3ccccc3N3CCOCC3)n2)c1. The minimum absolute atomic E-state index is 0.453. The van der Waals surface area contributed by atoms with Crippen LogP contribution in [0.4, 0.5) is 28.8 Å². The summed E-state index contributed by atoms with van der Waals surface area (Å²) in [5.41, 5.74) is 4.22. The molecule has 0 saturated carbocycles. The number of hydrogen-bond acceptors (Lipinski definition) is 7. The van der Waals surface area contributed by atoms with Crippen LogP contribution >= 0.6 is 0 Å². The number of aromatic nitrogens is 3. The van der Waals surface area contributed by atoms with Crippen LogP contribution in [-0.4, -0.2) is 41.5 Å². The molecule has 1 saturated heterocycles. The minimum Gasteiger partial charge on any atom is -0.378 e. The van der Waals surface area contributed by atoms with Gasteiger partial charge in [0.05, 0.1) is 30.8 Å². The van der Waals surface area contributed by atoms with E-state index >= 15 is 0 Å². The molecule has 0 radical (unpaired) electrons. The zero-order valence-corrected chi connectivity index (χ0v) is 15.2. The normalized spacial score (nSPS) is 14.0. The molecule has 1 aromatic heterocycles. The summed E-state index contributed by atoms with van der Waals surface area (Å²) in [6, 6.07) is 16.2. The molecule has 1 fully saturated rings. The van der Waals surface area contributed by atoms with E-state index in [-0.39, 0.29) is 0 Å². The Hall–Kier alpha value is -3.19. The van der Waals surface area contributed by atoms with Gasteiger partial charge in [0.1, 0.15) is 0 Å². The third kappa shape index (κ3) is 4.32. The molecule has 138 valence electrons. The van der Waals surface area contributed by atoms with E-state index in [2.05, 4.69) is 36.8 Å². The lowest BCUT2D eigenvalue weighted by molar-refractivity contribution is 0.123. The largest absolute Gasteiger partial charge is 0.378 e. The summed E-state index contributed by atoms with van der Waals surface area (Å²) in [4.78, 5) is 6.85. The molecule has 0 amide bonds. The van der Waals surface area contributed by atoms with Gasteiger partial charge in [-0.3, -0.25) is 0 Å². The van der Waals surface area contributed by atoms with Gasteiger partial charge in [0.15, 0.2) is 5.82 Å². The standard InChI is InChI=1S/C20H22N6O/c1-15-5-4-6-16(13-15)22-20-24-19(14-21-25-20)23-17-7-2-3-8-18(17)26-9-11-27-12-10-26/h2-8,13-14H,9-12H2,1H3,(H2,22,23,24,25). The van der Waals surface area contributed by atoms with Crippen molar-refractivity contribution in [2.75, 3.05) is 41.8 Å². The highest BCUT2D eigenvalue weighted by atomic mass is 16.5. The summed E-state index contributed by atoms with van der Waals surface area (Å²) in [6.45, 7) is 5.29. The van der Waals surface area contributed by atoms with E-state index in [1.165, 1.54) is 5.56 Å². The molecule has 1 aliphatic heterocycles. The molecule has 0 bridgehead atoms. The van der Waals surface area contributed by atoms with Crippen molar-refractivity contribution in [2.24, 2.45) is 0 Å². The molecule has 4 rings (SSSR count). The van der Waals surface area contributed by atoms with Gasteiger partial charge in [0.25, 0.3) is 0 Å². The summed E-state index contributed by atoms with van der Waals surface area (Å²) < 4.78 is 5.46. The summed E-state index contributed by atoms with van der Waals surface area (Å²) in [6.07, 6.45) is 1.62. The van der Waals surface area contributed by atoms with Gasteiger partial charge < -0.3 is 20.3 Å². The first-order valence-electron chi connectivity index (χ1n) is 9.00. The zero-order chi connectivity index (χ0) is 18.5. The molecule has 0 spiro atoms. The van der Waals surface area contributed by atoms with Crippen LogP contribution in [-0.2, 0) is 4.74 Å². The fourth-order valence-electron chi connectivity index (χ4n) is 3.07. The van der Waals surface area contributed by atoms with Crippen molar-refractivity contribution >= 4 is 28.8 Å². The predicted octanol–water partition coefficient (Wildman–Crippen LogP) is 3.50. The van der Waals surface area contributed by atoms with Gasteiger partial charge >= 0.3 is 0 Å². The topological polar surface area (TPSA) is 75.2 Å². The number of hydrogen-bond donors (Lipinski definition) is 2. The summed E-state index contributed by atoms with van der Waals surface area (Å²) in [7, 11) is 0. The van der Waals surface area contributed by atoms with E-state index in [1.807, 2.05) is 49.4 Å². The first-order chi connectivity index (χ1) is 13.3. The van der Waals surface area contributed by atoms with E-state index in [9.17, 15) is 0 Å². The molecule has 2 N–H and O–H groups in total. The molecule has 7 nitrogen and oxygen atoms in total. The number of benzene rings is 2. The minimum atomic E-state index is 0.453. The van der Waals surface area contributed by atoms with Crippen LogP contribution in [0, 0.1) is 6.92 Å². The Kier molecular flexibility index (Phi) is 5.11. The number of nitrogens with zero attached hydrogens (tertiary/aromatic N) is 4. The predicted molar refractivity (Wildman–Crippen MR) is 107 cm³/mol. The molecule has 27 heavy (non-hydrogen) atoms. The number of ether oxygens (including phenoxy) is 1. The fourth-order valence-corrected chi connectivity index (χ4v) is 3.07. The van der Waals surface area contributed by atoms with Gasteiger partial charge in [-0.15, -0.1) is 5.10 Å². The van der Waals surface area contributed by atoms with Crippen molar-refractivity contribution in [3.05, 3.63) is 60.3 Å². The summed E-state index contributed by atoms with van der Waals surface area (Å²) >= 11 is 0. The van der Waals surface area contributed by atoms with Crippen molar-refractivity contribution in [3.8, 4) is 0 Å². The van der Waals surface area contributed by atoms with Crippen LogP contribution in [0.15, 0.2) is 54.7 Å². The van der Waals surface area contributed by atoms with Crippen molar-refractivity contribution in [1.82, 2.24) is 15.2 Å². The summed E-state index contributed by atoms with van der Waals surface area (Å²) in [5.74, 6) is 1.09. The molecule has 0 aliphatic carbocycles. The first kappa shape index (κ1) is 17.2. The van der Waals surface area contributed by atoms with Crippen LogP contribution in [0.2, 0.25) is 0 Å². The average Bonchev–Trinajstić information content (AvgIpc) is 2.69. The van der Waals surface area contributed by atoms with E-state index in [4.69, 9.17) is 4.74 Å². The maximum atomic E-state index is 5.46. The third-order valence-electron chi connectivity index (χ3n) is 4.35. The van der Waals surface area contributed by atoms with Crippen LogP contribution < -0.4 is 15.5 Å². The second kappa shape index (κ2) is 8.01. The molecule has 2 aromatic carbocycles. The fraction of sp³-hybridized carbons (Fsp3) is 0.250. The number of morpholine rings is 1. The van der Waals surface area contributed by atoms with Crippen LogP contribution in [0.3, 0.4) is 0 Å². The Morgan fingerprint density at radius 2 is 1.85 bits per heavy atom. The van der Waals surface area contributed by atoms with Crippen LogP contribution in [0.5, 0.6) is 0 Å². The van der Waals surface area contributed by atoms with Gasteiger partial charge in [-0.1, -0.05) is 24.3 Å². The Balaban J connectivity index is 1.53. The number of nitrogens with one attached hydrogen (secondary N) is 2. The molecular formula is C20H22N6O. The highest BCUT2D eigenvalue weighted by Crippen LogP contribution is 2.28. The van der Waals surface area contributed by atoms with Gasteiger partial charge in [-0.2, -0.15) is 10.1 Å². The second-order valence-corrected chi connectivity index (χ2v) is 6.40. The first-order valence-corrected chi connectivity index (χ1v) is 9.00. The Morgan fingerprint density at radius 1 is 1.00 bits per heavy atom. The van der Waals surface area contributed by atoms with Crippen LogP contribution in [0.25, 0.3) is 0 Å². The maximum Gasteiger partial charge on any atom is 0.249 e. The van der Waals surface area contributed by atoms with Crippen molar-refractivity contribution < 1.29 is 4.74 Å². The lowest BCUT2D eigenvalue weighted by atomic mass is 10.2. The monoisotopic (exact) mass is 362 g/mol. The maximum absolute atomic E-state index is 5.46. The van der Waals surface area contributed by atoms with E-state index in [1.54, 1.807) is 6.20 Å². The third-order valence-corrected chi connectivity index (χ3v) is 4.35. The molecule has 1 aliphatic rings. The van der Waals surface area contributed by atoms with E-state index in [0.717, 1.165) is 43.4 Å². The molecule has 2 heterocycles. The van der Waals surface area contributed by atoms with Gasteiger partial charge in [0.2, 0.25) is 5.95 Å².